The lowest BCUT2D eigenvalue weighted by molar-refractivity contribution is -0.129. The third kappa shape index (κ3) is 5.75. The normalized spacial score (nSPS) is 19.0. The molecule has 0 saturated carbocycles. The second kappa shape index (κ2) is 9.07. The number of alkyl carbamates (subject to hydrolysis) is 1. The van der Waals surface area contributed by atoms with Gasteiger partial charge in [-0.1, -0.05) is 42.5 Å². The first-order valence-corrected chi connectivity index (χ1v) is 10.1. The van der Waals surface area contributed by atoms with Crippen molar-refractivity contribution < 1.29 is 23.9 Å². The number of rotatable bonds is 4. The van der Waals surface area contributed by atoms with E-state index in [1.54, 1.807) is 45.0 Å². The molecule has 0 aromatic heterocycles. The first kappa shape index (κ1) is 22.1. The second-order valence-corrected chi connectivity index (χ2v) is 8.29. The number of fused-ring (bicyclic) bond motifs is 1. The quantitative estimate of drug-likeness (QED) is 0.698. The van der Waals surface area contributed by atoms with Crippen LogP contribution >= 0.6 is 0 Å². The molecular formula is C23H27N3O5. The highest BCUT2D eigenvalue weighted by Gasteiger charge is 2.37. The van der Waals surface area contributed by atoms with Crippen molar-refractivity contribution in [1.82, 2.24) is 10.6 Å². The number of para-hydroxylation sites is 2. The monoisotopic (exact) mass is 425 g/mol. The number of hydrogen-bond donors (Lipinski definition) is 3. The minimum absolute atomic E-state index is 0.420. The van der Waals surface area contributed by atoms with E-state index in [0.717, 1.165) is 5.56 Å². The van der Waals surface area contributed by atoms with E-state index in [4.69, 9.17) is 9.47 Å². The van der Waals surface area contributed by atoms with Crippen molar-refractivity contribution >= 4 is 23.6 Å². The van der Waals surface area contributed by atoms with Gasteiger partial charge in [-0.15, -0.1) is 0 Å². The van der Waals surface area contributed by atoms with Crippen LogP contribution in [0, 0.1) is 0 Å². The second-order valence-electron chi connectivity index (χ2n) is 8.29. The highest BCUT2D eigenvalue weighted by molar-refractivity contribution is 6.00. The number of nitrogens with one attached hydrogen (secondary N) is 3. The predicted octanol–water partition coefficient (Wildman–Crippen LogP) is 3.16. The molecule has 1 aliphatic heterocycles. The molecule has 8 heteroatoms. The van der Waals surface area contributed by atoms with Crippen LogP contribution in [-0.4, -0.2) is 35.6 Å². The molecule has 3 amide bonds. The van der Waals surface area contributed by atoms with Gasteiger partial charge in [0.15, 0.2) is 6.10 Å². The zero-order chi connectivity index (χ0) is 22.6. The molecule has 164 valence electrons. The van der Waals surface area contributed by atoms with Crippen LogP contribution in [0.3, 0.4) is 0 Å². The number of carbonyl (C=O) groups is 3. The van der Waals surface area contributed by atoms with Gasteiger partial charge in [0.05, 0.1) is 5.69 Å². The van der Waals surface area contributed by atoms with E-state index in [2.05, 4.69) is 16.0 Å². The van der Waals surface area contributed by atoms with Crippen LogP contribution in [0.25, 0.3) is 0 Å². The molecular weight excluding hydrogens is 398 g/mol. The van der Waals surface area contributed by atoms with Crippen LogP contribution in [0.1, 0.15) is 39.4 Å². The van der Waals surface area contributed by atoms with Gasteiger partial charge in [-0.25, -0.2) is 4.79 Å². The number of anilines is 1. The van der Waals surface area contributed by atoms with Gasteiger partial charge in [0, 0.05) is 0 Å². The standard InChI is InChI=1S/C23H27N3O5/c1-14(24-22(29)31-23(2,3)4)20(27)26-18-19(15-10-6-5-7-11-15)30-17-13-9-8-12-16(17)25-21(18)28/h5-14,18-19H,1-4H3,(H,24,29)(H,25,28)(H,26,27)/t14-,18-,19+/m0/s1. The summed E-state index contributed by atoms with van der Waals surface area (Å²) in [4.78, 5) is 37.8. The lowest BCUT2D eigenvalue weighted by Gasteiger charge is -2.27. The maximum atomic E-state index is 13.0. The molecule has 8 nitrogen and oxygen atoms in total. The first-order valence-electron chi connectivity index (χ1n) is 10.1. The van der Waals surface area contributed by atoms with Gasteiger partial charge < -0.3 is 25.4 Å². The molecule has 2 aromatic carbocycles. The number of ether oxygens (including phenoxy) is 2. The van der Waals surface area contributed by atoms with Crippen LogP contribution < -0.4 is 20.7 Å². The molecule has 0 aliphatic carbocycles. The van der Waals surface area contributed by atoms with Crippen molar-refractivity contribution in [2.75, 3.05) is 5.32 Å². The van der Waals surface area contributed by atoms with Gasteiger partial charge in [-0.2, -0.15) is 0 Å². The fourth-order valence-electron chi connectivity index (χ4n) is 3.10. The molecule has 3 N–H and O–H groups in total. The van der Waals surface area contributed by atoms with Crippen molar-refractivity contribution in [3.05, 3.63) is 60.2 Å². The van der Waals surface area contributed by atoms with Crippen molar-refractivity contribution in [2.45, 2.75) is 51.5 Å². The van der Waals surface area contributed by atoms with Gasteiger partial charge in [0.1, 0.15) is 23.4 Å². The van der Waals surface area contributed by atoms with Crippen LogP contribution in [0.15, 0.2) is 54.6 Å². The molecule has 3 atom stereocenters. The van der Waals surface area contributed by atoms with E-state index in [1.165, 1.54) is 6.92 Å². The number of hydrogen-bond acceptors (Lipinski definition) is 5. The lowest BCUT2D eigenvalue weighted by Crippen LogP contribution is -2.54. The van der Waals surface area contributed by atoms with Crippen LogP contribution in [0.2, 0.25) is 0 Å². The van der Waals surface area contributed by atoms with E-state index in [0.29, 0.717) is 11.4 Å². The zero-order valence-electron chi connectivity index (χ0n) is 18.0. The minimum Gasteiger partial charge on any atom is -0.481 e. The Bertz CT molecular complexity index is 955. The summed E-state index contributed by atoms with van der Waals surface area (Å²) in [5, 5.41) is 7.99. The van der Waals surface area contributed by atoms with E-state index in [9.17, 15) is 14.4 Å². The van der Waals surface area contributed by atoms with E-state index >= 15 is 0 Å². The maximum absolute atomic E-state index is 13.0. The SMILES string of the molecule is C[C@H](NC(=O)OC(C)(C)C)C(=O)N[C@@H]1C(=O)Nc2ccccc2O[C@@H]1c1ccccc1. The Hall–Kier alpha value is -3.55. The van der Waals surface area contributed by atoms with E-state index in [-0.39, 0.29) is 0 Å². The summed E-state index contributed by atoms with van der Waals surface area (Å²) in [6.07, 6.45) is -1.48. The molecule has 2 aromatic rings. The first-order chi connectivity index (χ1) is 14.6. The van der Waals surface area contributed by atoms with Gasteiger partial charge in [-0.05, 0) is 45.4 Å². The summed E-state index contributed by atoms with van der Waals surface area (Å²) >= 11 is 0. The summed E-state index contributed by atoms with van der Waals surface area (Å²) in [5.41, 5.74) is 0.553. The predicted molar refractivity (Wildman–Crippen MR) is 116 cm³/mol. The van der Waals surface area contributed by atoms with Crippen molar-refractivity contribution in [2.24, 2.45) is 0 Å². The van der Waals surface area contributed by atoms with Gasteiger partial charge >= 0.3 is 6.09 Å². The van der Waals surface area contributed by atoms with Crippen LogP contribution in [0.4, 0.5) is 10.5 Å². The number of amides is 3. The molecule has 31 heavy (non-hydrogen) atoms. The van der Waals surface area contributed by atoms with Gasteiger partial charge in [0.25, 0.3) is 5.91 Å². The fraction of sp³-hybridized carbons (Fsp3) is 0.348. The smallest absolute Gasteiger partial charge is 0.408 e. The minimum atomic E-state index is -1.02. The molecule has 0 saturated heterocycles. The Morgan fingerprint density at radius 3 is 2.39 bits per heavy atom. The lowest BCUT2D eigenvalue weighted by atomic mass is 10.0. The van der Waals surface area contributed by atoms with Crippen molar-refractivity contribution in [3.8, 4) is 5.75 Å². The molecule has 1 heterocycles. The van der Waals surface area contributed by atoms with E-state index < -0.39 is 41.7 Å². The van der Waals surface area contributed by atoms with Gasteiger partial charge in [0.2, 0.25) is 5.91 Å². The Kier molecular flexibility index (Phi) is 6.48. The maximum Gasteiger partial charge on any atom is 0.408 e. The molecule has 0 radical (unpaired) electrons. The highest BCUT2D eigenvalue weighted by atomic mass is 16.6. The average molecular weight is 425 g/mol. The largest absolute Gasteiger partial charge is 0.481 e. The third-order valence-corrected chi connectivity index (χ3v) is 4.54. The molecule has 0 bridgehead atoms. The summed E-state index contributed by atoms with van der Waals surface area (Å²) in [6.45, 7) is 6.70. The fourth-order valence-corrected chi connectivity index (χ4v) is 3.10. The third-order valence-electron chi connectivity index (χ3n) is 4.54. The average Bonchev–Trinajstić information content (AvgIpc) is 2.83. The summed E-state index contributed by atoms with van der Waals surface area (Å²) in [6, 6.07) is 14.3. The Morgan fingerprint density at radius 1 is 1.06 bits per heavy atom. The number of carbonyl (C=O) groups excluding carboxylic acids is 3. The van der Waals surface area contributed by atoms with Crippen LogP contribution in [-0.2, 0) is 14.3 Å². The Labute approximate surface area is 181 Å². The topological polar surface area (TPSA) is 106 Å². The molecule has 3 rings (SSSR count). The van der Waals surface area contributed by atoms with Crippen molar-refractivity contribution in [3.63, 3.8) is 0 Å². The molecule has 0 fully saturated rings. The summed E-state index contributed by atoms with van der Waals surface area (Å²) in [7, 11) is 0. The summed E-state index contributed by atoms with van der Waals surface area (Å²) < 4.78 is 11.3. The zero-order valence-corrected chi connectivity index (χ0v) is 18.0. The number of benzene rings is 2. The van der Waals surface area contributed by atoms with E-state index in [1.807, 2.05) is 30.3 Å². The molecule has 0 unspecified atom stereocenters. The molecule has 1 aliphatic rings. The van der Waals surface area contributed by atoms with Crippen LogP contribution in [0.5, 0.6) is 5.75 Å². The highest BCUT2D eigenvalue weighted by Crippen LogP contribution is 2.34. The Balaban J connectivity index is 1.81. The Morgan fingerprint density at radius 2 is 1.71 bits per heavy atom. The molecule has 0 spiro atoms. The summed E-state index contributed by atoms with van der Waals surface area (Å²) in [5.74, 6) is -0.459. The van der Waals surface area contributed by atoms with Crippen molar-refractivity contribution in [1.29, 1.82) is 0 Å². The van der Waals surface area contributed by atoms with Gasteiger partial charge in [-0.3, -0.25) is 9.59 Å².